The van der Waals surface area contributed by atoms with Gasteiger partial charge in [-0.3, -0.25) is 9.59 Å². The number of carbonyl (C=O) groups excluding carboxylic acids is 2. The zero-order chi connectivity index (χ0) is 21.1. The molecule has 0 saturated carbocycles. The molecule has 2 aromatic carbocycles. The van der Waals surface area contributed by atoms with E-state index in [-0.39, 0.29) is 17.7 Å². The molecule has 30 heavy (non-hydrogen) atoms. The van der Waals surface area contributed by atoms with Gasteiger partial charge in [0, 0.05) is 18.1 Å². The molecule has 0 fully saturated rings. The maximum atomic E-state index is 14.4. The Morgan fingerprint density at radius 3 is 2.37 bits per heavy atom. The van der Waals surface area contributed by atoms with Crippen LogP contribution >= 0.6 is 0 Å². The maximum absolute atomic E-state index is 14.4. The van der Waals surface area contributed by atoms with Gasteiger partial charge >= 0.3 is 0 Å². The van der Waals surface area contributed by atoms with Crippen LogP contribution in [0.3, 0.4) is 0 Å². The molecule has 8 heteroatoms. The van der Waals surface area contributed by atoms with E-state index < -0.39 is 17.6 Å². The van der Waals surface area contributed by atoms with Gasteiger partial charge in [0.2, 0.25) is 5.91 Å². The Labute approximate surface area is 171 Å². The van der Waals surface area contributed by atoms with Crippen molar-refractivity contribution in [1.82, 2.24) is 14.3 Å². The summed E-state index contributed by atoms with van der Waals surface area (Å²) in [7, 11) is 0. The number of nitrogens with one attached hydrogen (secondary N) is 1. The van der Waals surface area contributed by atoms with Crippen LogP contribution in [0.1, 0.15) is 15.9 Å². The third kappa shape index (κ3) is 3.83. The molecule has 2 amide bonds. The molecule has 4 rings (SSSR count). The number of nitrogens with two attached hydrogens (primary N) is 1. The minimum Gasteiger partial charge on any atom is -0.369 e. The smallest absolute Gasteiger partial charge is 0.261 e. The summed E-state index contributed by atoms with van der Waals surface area (Å²) in [6.07, 6.45) is 5.04. The summed E-state index contributed by atoms with van der Waals surface area (Å²) in [5, 5.41) is 7.06. The predicted molar refractivity (Wildman–Crippen MR) is 110 cm³/mol. The Morgan fingerprint density at radius 1 is 1.00 bits per heavy atom. The van der Waals surface area contributed by atoms with Crippen molar-refractivity contribution in [3.8, 4) is 11.5 Å². The van der Waals surface area contributed by atoms with Gasteiger partial charge in [-0.2, -0.15) is 5.10 Å². The molecule has 7 nitrogen and oxygen atoms in total. The summed E-state index contributed by atoms with van der Waals surface area (Å²) in [5.41, 5.74) is 7.00. The highest BCUT2D eigenvalue weighted by atomic mass is 19.1. The van der Waals surface area contributed by atoms with Crippen LogP contribution in [0, 0.1) is 5.82 Å². The number of hydrogen-bond acceptors (Lipinski definition) is 3. The number of aromatic nitrogens is 3. The van der Waals surface area contributed by atoms with Crippen LogP contribution in [-0.2, 0) is 11.2 Å². The van der Waals surface area contributed by atoms with Crippen molar-refractivity contribution in [3.63, 3.8) is 0 Å². The average molecular weight is 403 g/mol. The molecule has 0 aliphatic carbocycles. The Balaban J connectivity index is 1.68. The van der Waals surface area contributed by atoms with E-state index in [1.807, 2.05) is 0 Å². The number of carbonyl (C=O) groups is 2. The van der Waals surface area contributed by atoms with Crippen LogP contribution in [0.5, 0.6) is 0 Å². The van der Waals surface area contributed by atoms with Crippen molar-refractivity contribution in [2.24, 2.45) is 5.73 Å². The molecule has 0 aliphatic rings. The minimum absolute atomic E-state index is 0.126. The molecule has 0 unspecified atom stereocenters. The molecule has 3 N–H and O–H groups in total. The first-order chi connectivity index (χ1) is 14.5. The van der Waals surface area contributed by atoms with E-state index in [1.165, 1.54) is 16.9 Å². The van der Waals surface area contributed by atoms with E-state index in [4.69, 9.17) is 5.73 Å². The quantitative estimate of drug-likeness (QED) is 0.518. The van der Waals surface area contributed by atoms with Gasteiger partial charge in [-0.05, 0) is 42.0 Å². The molecule has 0 aliphatic heterocycles. The molecule has 0 bridgehead atoms. The second-order valence-corrected chi connectivity index (χ2v) is 6.63. The van der Waals surface area contributed by atoms with Crippen LogP contribution in [0.25, 0.3) is 11.5 Å². The van der Waals surface area contributed by atoms with Gasteiger partial charge in [-0.15, -0.1) is 0 Å². The lowest BCUT2D eigenvalue weighted by molar-refractivity contribution is -0.117. The monoisotopic (exact) mass is 403 g/mol. The highest BCUT2D eigenvalue weighted by Gasteiger charge is 2.21. The van der Waals surface area contributed by atoms with E-state index in [9.17, 15) is 14.0 Å². The first-order valence-corrected chi connectivity index (χ1v) is 9.18. The Bertz CT molecular complexity index is 1200. The fraction of sp³-hybridized carbons (Fsp3) is 0.0455. The Kier molecular flexibility index (Phi) is 5.13. The maximum Gasteiger partial charge on any atom is 0.261 e. The third-order valence-corrected chi connectivity index (χ3v) is 4.51. The normalized spacial score (nSPS) is 10.7. The van der Waals surface area contributed by atoms with E-state index in [1.54, 1.807) is 71.6 Å². The van der Waals surface area contributed by atoms with Gasteiger partial charge < -0.3 is 15.6 Å². The van der Waals surface area contributed by atoms with Gasteiger partial charge in [0.25, 0.3) is 5.91 Å². The zero-order valence-electron chi connectivity index (χ0n) is 15.8. The molecule has 0 radical (unpaired) electrons. The largest absolute Gasteiger partial charge is 0.369 e. The van der Waals surface area contributed by atoms with Crippen LogP contribution in [0.4, 0.5) is 10.1 Å². The predicted octanol–water partition coefficient (Wildman–Crippen LogP) is 3.08. The van der Waals surface area contributed by atoms with Gasteiger partial charge in [-0.25, -0.2) is 9.07 Å². The molecule has 0 saturated heterocycles. The minimum atomic E-state index is -0.453. The number of anilines is 1. The molecule has 0 atom stereocenters. The summed E-state index contributed by atoms with van der Waals surface area (Å²) in [4.78, 5) is 24.0. The number of rotatable bonds is 6. The molecule has 4 aromatic rings. The van der Waals surface area contributed by atoms with Crippen molar-refractivity contribution in [1.29, 1.82) is 0 Å². The van der Waals surface area contributed by atoms with E-state index in [0.29, 0.717) is 11.5 Å². The third-order valence-electron chi connectivity index (χ3n) is 4.51. The number of benzene rings is 2. The molecule has 2 aromatic heterocycles. The lowest BCUT2D eigenvalue weighted by atomic mass is 10.1. The number of halogens is 1. The van der Waals surface area contributed by atoms with Gasteiger partial charge in [0.05, 0.1) is 12.6 Å². The van der Waals surface area contributed by atoms with Gasteiger partial charge in [0.15, 0.2) is 5.82 Å². The first kappa shape index (κ1) is 19.1. The summed E-state index contributed by atoms with van der Waals surface area (Å²) in [6.45, 7) is 0. The van der Waals surface area contributed by atoms with Crippen molar-refractivity contribution >= 4 is 17.5 Å². The second-order valence-electron chi connectivity index (χ2n) is 6.63. The highest BCUT2D eigenvalue weighted by molar-refractivity contribution is 6.06. The van der Waals surface area contributed by atoms with Crippen molar-refractivity contribution in [3.05, 3.63) is 96.2 Å². The molecule has 150 valence electrons. The summed E-state index contributed by atoms with van der Waals surface area (Å²) < 4.78 is 17.5. The summed E-state index contributed by atoms with van der Waals surface area (Å²) in [5.74, 6) is -0.869. The fourth-order valence-corrected chi connectivity index (χ4v) is 3.13. The van der Waals surface area contributed by atoms with Crippen molar-refractivity contribution < 1.29 is 14.0 Å². The van der Waals surface area contributed by atoms with Crippen molar-refractivity contribution in [2.45, 2.75) is 6.42 Å². The number of nitrogens with zero attached hydrogens (tertiary/aromatic N) is 3. The Morgan fingerprint density at radius 2 is 1.70 bits per heavy atom. The topological polar surface area (TPSA) is 94.9 Å². The summed E-state index contributed by atoms with van der Waals surface area (Å²) >= 11 is 0. The number of amides is 2. The van der Waals surface area contributed by atoms with Crippen LogP contribution in [-0.4, -0.2) is 26.2 Å². The first-order valence-electron chi connectivity index (χ1n) is 9.18. The van der Waals surface area contributed by atoms with Crippen LogP contribution in [0.15, 0.2) is 79.3 Å². The number of primary amides is 1. The van der Waals surface area contributed by atoms with Crippen molar-refractivity contribution in [2.75, 3.05) is 5.32 Å². The lowest BCUT2D eigenvalue weighted by Crippen LogP contribution is -2.16. The van der Waals surface area contributed by atoms with Crippen LogP contribution in [0.2, 0.25) is 0 Å². The van der Waals surface area contributed by atoms with E-state index in [2.05, 4.69) is 10.4 Å². The molecular formula is C22H18FN5O2. The van der Waals surface area contributed by atoms with Gasteiger partial charge in [-0.1, -0.05) is 24.3 Å². The number of hydrogen-bond donors (Lipinski definition) is 2. The van der Waals surface area contributed by atoms with E-state index in [0.717, 1.165) is 5.56 Å². The second kappa shape index (κ2) is 8.04. The zero-order valence-corrected chi connectivity index (χ0v) is 15.8. The summed E-state index contributed by atoms with van der Waals surface area (Å²) in [6, 6.07) is 16.6. The molecular weight excluding hydrogens is 385 g/mol. The number of para-hydroxylation sites is 1. The van der Waals surface area contributed by atoms with E-state index >= 15 is 0 Å². The van der Waals surface area contributed by atoms with Gasteiger partial charge in [0.1, 0.15) is 17.1 Å². The standard InChI is InChI=1S/C22H18FN5O2/c23-18-5-1-2-6-19(18)28-22(27-11-3-4-12-27)17(14-25-28)21(30)26-16-9-7-15(8-10-16)13-20(24)29/h1-12,14H,13H2,(H2,24,29)(H,26,30). The average Bonchev–Trinajstić information content (AvgIpc) is 3.39. The Hall–Kier alpha value is -4.20. The highest BCUT2D eigenvalue weighted by Crippen LogP contribution is 2.23. The lowest BCUT2D eigenvalue weighted by Gasteiger charge is -2.12. The molecule has 2 heterocycles. The fourth-order valence-electron chi connectivity index (χ4n) is 3.13. The SMILES string of the molecule is NC(=O)Cc1ccc(NC(=O)c2cnn(-c3ccccc3F)c2-n2cccc2)cc1. The van der Waals surface area contributed by atoms with Crippen LogP contribution < -0.4 is 11.1 Å². The molecule has 0 spiro atoms.